The lowest BCUT2D eigenvalue weighted by Gasteiger charge is -2.11. The molecular formula is C19H15FN4O2. The van der Waals surface area contributed by atoms with Gasteiger partial charge in [-0.25, -0.2) is 9.37 Å². The van der Waals surface area contributed by atoms with Crippen LogP contribution in [0.5, 0.6) is 5.75 Å². The summed E-state index contributed by atoms with van der Waals surface area (Å²) in [4.78, 5) is 16.3. The molecule has 0 radical (unpaired) electrons. The molecule has 6 nitrogen and oxygen atoms in total. The van der Waals surface area contributed by atoms with E-state index in [4.69, 9.17) is 4.74 Å². The molecule has 1 aromatic heterocycles. The second-order valence-electron chi connectivity index (χ2n) is 5.21. The standard InChI is InChI=1S/C19H15FN4O2/c1-26-17-12-13(23-24-18-8-4-5-11-21-18)9-10-16(17)22-19(25)14-6-2-3-7-15(14)20/h2-12H,1H3,(H,22,25)/b24-23-. The van der Waals surface area contributed by atoms with E-state index in [1.807, 2.05) is 6.07 Å². The van der Waals surface area contributed by atoms with Gasteiger partial charge in [0.15, 0.2) is 5.82 Å². The lowest BCUT2D eigenvalue weighted by Crippen LogP contribution is -2.14. The summed E-state index contributed by atoms with van der Waals surface area (Å²) in [6, 6.07) is 16.0. The maximum Gasteiger partial charge on any atom is 0.258 e. The third-order valence-electron chi connectivity index (χ3n) is 3.47. The Labute approximate surface area is 149 Å². The number of azo groups is 1. The SMILES string of the molecule is COc1cc(/N=N\c2ccccn2)ccc1NC(=O)c1ccccc1F. The summed E-state index contributed by atoms with van der Waals surface area (Å²) in [6.07, 6.45) is 1.62. The summed E-state index contributed by atoms with van der Waals surface area (Å²) in [7, 11) is 1.47. The molecular weight excluding hydrogens is 335 g/mol. The summed E-state index contributed by atoms with van der Waals surface area (Å²) < 4.78 is 19.0. The highest BCUT2D eigenvalue weighted by atomic mass is 19.1. The van der Waals surface area contributed by atoms with Gasteiger partial charge in [-0.05, 0) is 36.4 Å². The van der Waals surface area contributed by atoms with Crippen molar-refractivity contribution in [1.29, 1.82) is 0 Å². The molecule has 2 aromatic carbocycles. The minimum atomic E-state index is -0.593. The van der Waals surface area contributed by atoms with Gasteiger partial charge in [-0.2, -0.15) is 0 Å². The van der Waals surface area contributed by atoms with Gasteiger partial charge in [0, 0.05) is 12.3 Å². The van der Waals surface area contributed by atoms with Crippen molar-refractivity contribution < 1.29 is 13.9 Å². The average molecular weight is 350 g/mol. The van der Waals surface area contributed by atoms with E-state index in [1.54, 1.807) is 42.6 Å². The van der Waals surface area contributed by atoms with E-state index in [2.05, 4.69) is 20.5 Å². The Morgan fingerprint density at radius 3 is 2.62 bits per heavy atom. The van der Waals surface area contributed by atoms with Crippen LogP contribution in [0.25, 0.3) is 0 Å². The van der Waals surface area contributed by atoms with Gasteiger partial charge in [0.2, 0.25) is 0 Å². The fourth-order valence-corrected chi connectivity index (χ4v) is 2.20. The number of benzene rings is 2. The highest BCUT2D eigenvalue weighted by Gasteiger charge is 2.13. The molecule has 0 saturated carbocycles. The van der Waals surface area contributed by atoms with Crippen molar-refractivity contribution in [2.24, 2.45) is 10.2 Å². The third-order valence-corrected chi connectivity index (χ3v) is 3.47. The molecule has 3 aromatic rings. The summed E-state index contributed by atoms with van der Waals surface area (Å²) in [5.41, 5.74) is 0.877. The van der Waals surface area contributed by atoms with Crippen LogP contribution in [0.2, 0.25) is 0 Å². The number of hydrogen-bond acceptors (Lipinski definition) is 5. The predicted molar refractivity (Wildman–Crippen MR) is 95.8 cm³/mol. The lowest BCUT2D eigenvalue weighted by atomic mass is 10.2. The molecule has 26 heavy (non-hydrogen) atoms. The van der Waals surface area contributed by atoms with Crippen LogP contribution in [0, 0.1) is 5.82 Å². The van der Waals surface area contributed by atoms with Gasteiger partial charge in [0.1, 0.15) is 11.6 Å². The zero-order valence-corrected chi connectivity index (χ0v) is 13.9. The minimum Gasteiger partial charge on any atom is -0.494 e. The van der Waals surface area contributed by atoms with Crippen molar-refractivity contribution >= 4 is 23.1 Å². The van der Waals surface area contributed by atoms with Gasteiger partial charge in [-0.3, -0.25) is 4.79 Å². The molecule has 1 heterocycles. The molecule has 3 rings (SSSR count). The van der Waals surface area contributed by atoms with E-state index < -0.39 is 11.7 Å². The predicted octanol–water partition coefficient (Wildman–Crippen LogP) is 4.90. The molecule has 7 heteroatoms. The van der Waals surface area contributed by atoms with Crippen LogP contribution < -0.4 is 10.1 Å². The quantitative estimate of drug-likeness (QED) is 0.665. The molecule has 0 bridgehead atoms. The molecule has 130 valence electrons. The monoisotopic (exact) mass is 350 g/mol. The second-order valence-corrected chi connectivity index (χ2v) is 5.21. The van der Waals surface area contributed by atoms with Gasteiger partial charge in [-0.15, -0.1) is 10.2 Å². The Bertz CT molecular complexity index is 945. The number of nitrogens with one attached hydrogen (secondary N) is 1. The summed E-state index contributed by atoms with van der Waals surface area (Å²) in [5, 5.41) is 10.7. The second kappa shape index (κ2) is 7.98. The number of halogens is 1. The van der Waals surface area contributed by atoms with Crippen LogP contribution in [0.3, 0.4) is 0 Å². The molecule has 0 aliphatic carbocycles. The molecule has 1 N–H and O–H groups in total. The van der Waals surface area contributed by atoms with Crippen LogP contribution in [0.4, 0.5) is 21.6 Å². The maximum atomic E-state index is 13.7. The van der Waals surface area contributed by atoms with Crippen molar-refractivity contribution in [3.05, 3.63) is 78.2 Å². The number of carbonyl (C=O) groups excluding carboxylic acids is 1. The molecule has 0 spiro atoms. The number of methoxy groups -OCH3 is 1. The van der Waals surface area contributed by atoms with Gasteiger partial charge >= 0.3 is 0 Å². The topological polar surface area (TPSA) is 75.9 Å². The molecule has 1 amide bonds. The maximum absolute atomic E-state index is 13.7. The zero-order chi connectivity index (χ0) is 18.4. The Balaban J connectivity index is 1.80. The summed E-state index contributed by atoms with van der Waals surface area (Å²) in [6.45, 7) is 0. The number of anilines is 1. The van der Waals surface area contributed by atoms with Crippen LogP contribution in [0.1, 0.15) is 10.4 Å². The smallest absolute Gasteiger partial charge is 0.258 e. The first-order valence-corrected chi connectivity index (χ1v) is 7.74. The van der Waals surface area contributed by atoms with E-state index in [9.17, 15) is 9.18 Å². The normalized spacial score (nSPS) is 10.7. The van der Waals surface area contributed by atoms with E-state index in [0.29, 0.717) is 22.9 Å². The van der Waals surface area contributed by atoms with E-state index in [-0.39, 0.29) is 5.56 Å². The lowest BCUT2D eigenvalue weighted by molar-refractivity contribution is 0.102. The highest BCUT2D eigenvalue weighted by Crippen LogP contribution is 2.30. The summed E-state index contributed by atoms with van der Waals surface area (Å²) in [5.74, 6) is -0.301. The van der Waals surface area contributed by atoms with Gasteiger partial charge < -0.3 is 10.1 Å². The first kappa shape index (κ1) is 17.2. The number of pyridine rings is 1. The number of hydrogen-bond donors (Lipinski definition) is 1. The Kier molecular flexibility index (Phi) is 5.28. The van der Waals surface area contributed by atoms with Crippen molar-refractivity contribution in [3.8, 4) is 5.75 Å². The van der Waals surface area contributed by atoms with Gasteiger partial charge in [0.25, 0.3) is 5.91 Å². The largest absolute Gasteiger partial charge is 0.494 e. The summed E-state index contributed by atoms with van der Waals surface area (Å²) >= 11 is 0. The number of carbonyl (C=O) groups is 1. The number of aromatic nitrogens is 1. The van der Waals surface area contributed by atoms with Crippen molar-refractivity contribution in [2.75, 3.05) is 12.4 Å². The average Bonchev–Trinajstić information content (AvgIpc) is 2.68. The number of amides is 1. The van der Waals surface area contributed by atoms with Gasteiger partial charge in [0.05, 0.1) is 24.0 Å². The van der Waals surface area contributed by atoms with Crippen LogP contribution >= 0.6 is 0 Å². The Morgan fingerprint density at radius 2 is 1.88 bits per heavy atom. The molecule has 0 fully saturated rings. The Hall–Kier alpha value is -3.61. The van der Waals surface area contributed by atoms with E-state index in [1.165, 1.54) is 25.3 Å². The third kappa shape index (κ3) is 4.07. The van der Waals surface area contributed by atoms with Gasteiger partial charge in [-0.1, -0.05) is 18.2 Å². The molecule has 0 aliphatic heterocycles. The molecule has 0 saturated heterocycles. The molecule has 0 unspecified atom stereocenters. The van der Waals surface area contributed by atoms with Crippen LogP contribution in [0.15, 0.2) is 77.1 Å². The Morgan fingerprint density at radius 1 is 1.08 bits per heavy atom. The van der Waals surface area contributed by atoms with E-state index in [0.717, 1.165) is 0 Å². The van der Waals surface area contributed by atoms with Crippen molar-refractivity contribution in [3.63, 3.8) is 0 Å². The zero-order valence-electron chi connectivity index (χ0n) is 13.9. The first-order valence-electron chi connectivity index (χ1n) is 7.74. The van der Waals surface area contributed by atoms with Crippen molar-refractivity contribution in [1.82, 2.24) is 4.98 Å². The number of nitrogens with zero attached hydrogens (tertiary/aromatic N) is 3. The molecule has 0 aliphatic rings. The number of ether oxygens (including phenoxy) is 1. The van der Waals surface area contributed by atoms with Crippen molar-refractivity contribution in [2.45, 2.75) is 0 Å². The van der Waals surface area contributed by atoms with Crippen LogP contribution in [-0.4, -0.2) is 18.0 Å². The first-order chi connectivity index (χ1) is 12.7. The highest BCUT2D eigenvalue weighted by molar-refractivity contribution is 6.05. The fourth-order valence-electron chi connectivity index (χ4n) is 2.20. The minimum absolute atomic E-state index is 0.0477. The fraction of sp³-hybridized carbons (Fsp3) is 0.0526. The van der Waals surface area contributed by atoms with E-state index >= 15 is 0 Å². The van der Waals surface area contributed by atoms with Crippen LogP contribution in [-0.2, 0) is 0 Å². The molecule has 0 atom stereocenters. The number of rotatable bonds is 5.